The van der Waals surface area contributed by atoms with Gasteiger partial charge in [0.05, 0.1) is 6.42 Å². The molecule has 2 nitrogen and oxygen atoms in total. The Morgan fingerprint density at radius 3 is 2.43 bits per heavy atom. The number of aliphatic carboxylic acids is 1. The summed E-state index contributed by atoms with van der Waals surface area (Å²) in [7, 11) is 0. The van der Waals surface area contributed by atoms with E-state index >= 15 is 0 Å². The summed E-state index contributed by atoms with van der Waals surface area (Å²) in [6.45, 7) is 3.95. The Hall–Kier alpha value is -1.57. The summed E-state index contributed by atoms with van der Waals surface area (Å²) < 4.78 is 0. The molecule has 1 aromatic rings. The first-order valence-corrected chi connectivity index (χ1v) is 4.55. The van der Waals surface area contributed by atoms with Crippen molar-refractivity contribution in [2.45, 2.75) is 20.3 Å². The Bertz CT molecular complexity index is 347. The van der Waals surface area contributed by atoms with E-state index in [-0.39, 0.29) is 6.42 Å². The zero-order valence-corrected chi connectivity index (χ0v) is 8.45. The topological polar surface area (TPSA) is 37.3 Å². The molecule has 0 bridgehead atoms. The number of hydrogen-bond acceptors (Lipinski definition) is 1. The molecule has 0 aliphatic heterocycles. The van der Waals surface area contributed by atoms with Gasteiger partial charge in [0.2, 0.25) is 0 Å². The first-order chi connectivity index (χ1) is 6.59. The van der Waals surface area contributed by atoms with Gasteiger partial charge in [-0.1, -0.05) is 35.9 Å². The van der Waals surface area contributed by atoms with Gasteiger partial charge < -0.3 is 5.11 Å². The van der Waals surface area contributed by atoms with Gasteiger partial charge in [0.25, 0.3) is 0 Å². The van der Waals surface area contributed by atoms with Gasteiger partial charge >= 0.3 is 5.97 Å². The predicted molar refractivity (Wildman–Crippen MR) is 57.1 cm³/mol. The SMILES string of the molecule is C/C(=C\CC(=O)O)c1ccc(C)cc1. The second kappa shape index (κ2) is 4.61. The van der Waals surface area contributed by atoms with Gasteiger partial charge in [-0.2, -0.15) is 0 Å². The molecule has 0 aromatic heterocycles. The largest absolute Gasteiger partial charge is 0.481 e. The third-order valence-corrected chi connectivity index (χ3v) is 2.09. The molecule has 0 aliphatic rings. The normalized spacial score (nSPS) is 11.4. The second-order valence-corrected chi connectivity index (χ2v) is 3.35. The number of hydrogen-bond donors (Lipinski definition) is 1. The Morgan fingerprint density at radius 1 is 1.36 bits per heavy atom. The summed E-state index contributed by atoms with van der Waals surface area (Å²) in [5, 5.41) is 8.51. The smallest absolute Gasteiger partial charge is 0.307 e. The lowest BCUT2D eigenvalue weighted by Gasteiger charge is -2.01. The van der Waals surface area contributed by atoms with Crippen molar-refractivity contribution in [2.24, 2.45) is 0 Å². The lowest BCUT2D eigenvalue weighted by molar-refractivity contribution is -0.135. The van der Waals surface area contributed by atoms with Crippen LogP contribution in [0.3, 0.4) is 0 Å². The van der Waals surface area contributed by atoms with Gasteiger partial charge in [-0.25, -0.2) is 0 Å². The highest BCUT2D eigenvalue weighted by Crippen LogP contribution is 2.14. The maximum atomic E-state index is 10.3. The Labute approximate surface area is 83.9 Å². The molecule has 0 heterocycles. The number of rotatable bonds is 3. The molecule has 0 saturated heterocycles. The van der Waals surface area contributed by atoms with Crippen LogP contribution in [0.5, 0.6) is 0 Å². The fraction of sp³-hybridized carbons (Fsp3) is 0.250. The molecule has 0 spiro atoms. The number of carboxylic acid groups (broad SMARTS) is 1. The van der Waals surface area contributed by atoms with E-state index in [0.717, 1.165) is 11.1 Å². The average Bonchev–Trinajstić information content (AvgIpc) is 2.15. The number of benzene rings is 1. The van der Waals surface area contributed by atoms with Crippen molar-refractivity contribution >= 4 is 11.5 Å². The van der Waals surface area contributed by atoms with Crippen LogP contribution in [-0.4, -0.2) is 11.1 Å². The number of allylic oxidation sites excluding steroid dienone is 1. The van der Waals surface area contributed by atoms with Gasteiger partial charge in [-0.15, -0.1) is 0 Å². The van der Waals surface area contributed by atoms with Gasteiger partial charge in [0, 0.05) is 0 Å². The van der Waals surface area contributed by atoms with E-state index in [1.54, 1.807) is 6.08 Å². The van der Waals surface area contributed by atoms with Crippen LogP contribution < -0.4 is 0 Å². The van der Waals surface area contributed by atoms with Crippen molar-refractivity contribution in [2.75, 3.05) is 0 Å². The van der Waals surface area contributed by atoms with Crippen molar-refractivity contribution in [3.8, 4) is 0 Å². The van der Waals surface area contributed by atoms with Crippen molar-refractivity contribution < 1.29 is 9.90 Å². The van der Waals surface area contributed by atoms with E-state index in [1.165, 1.54) is 5.56 Å². The van der Waals surface area contributed by atoms with Gasteiger partial charge in [0.1, 0.15) is 0 Å². The van der Waals surface area contributed by atoms with Crippen LogP contribution in [0.4, 0.5) is 0 Å². The van der Waals surface area contributed by atoms with Crippen molar-refractivity contribution in [3.63, 3.8) is 0 Å². The Balaban J connectivity index is 2.78. The summed E-state index contributed by atoms with van der Waals surface area (Å²) >= 11 is 0. The van der Waals surface area contributed by atoms with E-state index in [2.05, 4.69) is 0 Å². The van der Waals surface area contributed by atoms with Crippen LogP contribution in [0.25, 0.3) is 5.57 Å². The van der Waals surface area contributed by atoms with Crippen molar-refractivity contribution in [3.05, 3.63) is 41.5 Å². The standard InChI is InChI=1S/C12H14O2/c1-9-3-6-11(7-4-9)10(2)5-8-12(13)14/h3-7H,8H2,1-2H3,(H,13,14)/b10-5+. The average molecular weight is 190 g/mol. The molecule has 0 saturated carbocycles. The first kappa shape index (κ1) is 10.5. The third kappa shape index (κ3) is 3.05. The molecule has 74 valence electrons. The maximum absolute atomic E-state index is 10.3. The molecule has 0 unspecified atom stereocenters. The highest BCUT2D eigenvalue weighted by atomic mass is 16.4. The molecular weight excluding hydrogens is 176 g/mol. The van der Waals surface area contributed by atoms with E-state index in [9.17, 15) is 4.79 Å². The monoisotopic (exact) mass is 190 g/mol. The molecule has 0 fully saturated rings. The minimum Gasteiger partial charge on any atom is -0.481 e. The lowest BCUT2D eigenvalue weighted by Crippen LogP contribution is -1.91. The van der Waals surface area contributed by atoms with Crippen LogP contribution in [0.2, 0.25) is 0 Å². The van der Waals surface area contributed by atoms with Crippen LogP contribution in [-0.2, 0) is 4.79 Å². The molecule has 0 radical (unpaired) electrons. The molecule has 1 rings (SSSR count). The zero-order valence-electron chi connectivity index (χ0n) is 8.45. The molecule has 0 amide bonds. The Kier molecular flexibility index (Phi) is 3.46. The first-order valence-electron chi connectivity index (χ1n) is 4.55. The number of aryl methyl sites for hydroxylation is 1. The van der Waals surface area contributed by atoms with Gasteiger partial charge in [0.15, 0.2) is 0 Å². The fourth-order valence-electron chi connectivity index (χ4n) is 1.17. The number of carbonyl (C=O) groups is 1. The zero-order chi connectivity index (χ0) is 10.6. The molecule has 1 N–H and O–H groups in total. The van der Waals surface area contributed by atoms with Crippen molar-refractivity contribution in [1.82, 2.24) is 0 Å². The van der Waals surface area contributed by atoms with E-state index in [1.807, 2.05) is 38.1 Å². The van der Waals surface area contributed by atoms with Crippen LogP contribution in [0, 0.1) is 6.92 Å². The minimum absolute atomic E-state index is 0.0830. The summed E-state index contributed by atoms with van der Waals surface area (Å²) in [6.07, 6.45) is 1.81. The van der Waals surface area contributed by atoms with Crippen LogP contribution in [0.15, 0.2) is 30.3 Å². The lowest BCUT2D eigenvalue weighted by atomic mass is 10.1. The summed E-state index contributed by atoms with van der Waals surface area (Å²) in [4.78, 5) is 10.3. The highest BCUT2D eigenvalue weighted by Gasteiger charge is 1.97. The third-order valence-electron chi connectivity index (χ3n) is 2.09. The predicted octanol–water partition coefficient (Wildman–Crippen LogP) is 2.87. The fourth-order valence-corrected chi connectivity index (χ4v) is 1.17. The quantitative estimate of drug-likeness (QED) is 0.795. The van der Waals surface area contributed by atoms with E-state index in [0.29, 0.717) is 0 Å². The molecule has 1 aromatic carbocycles. The molecular formula is C12H14O2. The Morgan fingerprint density at radius 2 is 1.93 bits per heavy atom. The molecule has 14 heavy (non-hydrogen) atoms. The van der Waals surface area contributed by atoms with Crippen LogP contribution in [0.1, 0.15) is 24.5 Å². The number of carboxylic acids is 1. The molecule has 0 aliphatic carbocycles. The van der Waals surface area contributed by atoms with Crippen molar-refractivity contribution in [1.29, 1.82) is 0 Å². The van der Waals surface area contributed by atoms with E-state index in [4.69, 9.17) is 5.11 Å². The van der Waals surface area contributed by atoms with Crippen LogP contribution >= 0.6 is 0 Å². The maximum Gasteiger partial charge on any atom is 0.307 e. The summed E-state index contributed by atoms with van der Waals surface area (Å²) in [5.41, 5.74) is 3.30. The molecule has 0 atom stereocenters. The second-order valence-electron chi connectivity index (χ2n) is 3.35. The van der Waals surface area contributed by atoms with Gasteiger partial charge in [-0.3, -0.25) is 4.79 Å². The minimum atomic E-state index is -0.795. The summed E-state index contributed by atoms with van der Waals surface area (Å²) in [5.74, 6) is -0.795. The van der Waals surface area contributed by atoms with Gasteiger partial charge in [-0.05, 0) is 25.0 Å². The summed E-state index contributed by atoms with van der Waals surface area (Å²) in [6, 6.07) is 8.05. The highest BCUT2D eigenvalue weighted by molar-refractivity contribution is 5.73. The van der Waals surface area contributed by atoms with E-state index < -0.39 is 5.97 Å². The molecule has 2 heteroatoms.